The number of aryl methyl sites for hydroxylation is 1. The molecule has 102 valence electrons. The van der Waals surface area contributed by atoms with E-state index >= 15 is 0 Å². The molecule has 0 radical (unpaired) electrons. The number of nitrogens with one attached hydrogen (secondary N) is 1. The first-order valence-electron chi connectivity index (χ1n) is 6.37. The summed E-state index contributed by atoms with van der Waals surface area (Å²) >= 11 is 6.12. The molecule has 1 atom stereocenters. The van der Waals surface area contributed by atoms with Gasteiger partial charge in [0.15, 0.2) is 0 Å². The predicted molar refractivity (Wildman–Crippen MR) is 76.5 cm³/mol. The van der Waals surface area contributed by atoms with Gasteiger partial charge in [-0.1, -0.05) is 18.5 Å². The average Bonchev–Trinajstić information content (AvgIpc) is 2.87. The molecule has 0 saturated carbocycles. The second kappa shape index (κ2) is 6.02. The van der Waals surface area contributed by atoms with Gasteiger partial charge in [0.2, 0.25) is 0 Å². The van der Waals surface area contributed by atoms with E-state index in [1.54, 1.807) is 6.20 Å². The van der Waals surface area contributed by atoms with E-state index in [2.05, 4.69) is 27.3 Å². The van der Waals surface area contributed by atoms with Gasteiger partial charge in [0, 0.05) is 30.4 Å². The van der Waals surface area contributed by atoms with Gasteiger partial charge >= 0.3 is 0 Å². The molecular formula is C13H18ClN5. The first-order chi connectivity index (χ1) is 9.10. The van der Waals surface area contributed by atoms with Crippen LogP contribution in [0.25, 0.3) is 0 Å². The summed E-state index contributed by atoms with van der Waals surface area (Å²) in [4.78, 5) is 8.72. The Morgan fingerprint density at radius 3 is 2.84 bits per heavy atom. The lowest BCUT2D eigenvalue weighted by Crippen LogP contribution is -2.23. The van der Waals surface area contributed by atoms with Crippen molar-refractivity contribution in [3.8, 4) is 0 Å². The second-order valence-corrected chi connectivity index (χ2v) is 4.89. The molecule has 2 aromatic heterocycles. The number of rotatable bonds is 5. The molecule has 2 aromatic rings. The molecule has 1 unspecified atom stereocenters. The van der Waals surface area contributed by atoms with Gasteiger partial charge in [0.1, 0.15) is 16.8 Å². The van der Waals surface area contributed by atoms with Crippen LogP contribution in [0.2, 0.25) is 5.15 Å². The van der Waals surface area contributed by atoms with E-state index in [1.807, 2.05) is 30.8 Å². The van der Waals surface area contributed by atoms with E-state index < -0.39 is 0 Å². The lowest BCUT2D eigenvalue weighted by Gasteiger charge is -2.17. The van der Waals surface area contributed by atoms with Crippen molar-refractivity contribution in [1.29, 1.82) is 0 Å². The van der Waals surface area contributed by atoms with Crippen molar-refractivity contribution >= 4 is 17.4 Å². The Kier molecular flexibility index (Phi) is 4.37. The lowest BCUT2D eigenvalue weighted by molar-refractivity contribution is 0.559. The molecule has 0 saturated heterocycles. The van der Waals surface area contributed by atoms with Crippen molar-refractivity contribution < 1.29 is 0 Å². The summed E-state index contributed by atoms with van der Waals surface area (Å²) in [6.45, 7) is 6.79. The average molecular weight is 280 g/mol. The van der Waals surface area contributed by atoms with Crippen LogP contribution in [0.4, 0.5) is 5.82 Å². The summed E-state index contributed by atoms with van der Waals surface area (Å²) < 4.78 is 1.89. The van der Waals surface area contributed by atoms with Gasteiger partial charge in [-0.25, -0.2) is 9.97 Å². The van der Waals surface area contributed by atoms with Gasteiger partial charge in [-0.05, 0) is 19.9 Å². The van der Waals surface area contributed by atoms with Crippen molar-refractivity contribution in [2.24, 2.45) is 0 Å². The summed E-state index contributed by atoms with van der Waals surface area (Å²) in [5, 5.41) is 8.07. The highest BCUT2D eigenvalue weighted by molar-refractivity contribution is 6.30. The third-order valence-corrected chi connectivity index (χ3v) is 3.22. The Balaban J connectivity index is 2.11. The van der Waals surface area contributed by atoms with Crippen molar-refractivity contribution in [2.45, 2.75) is 39.8 Å². The molecular weight excluding hydrogens is 262 g/mol. The fourth-order valence-electron chi connectivity index (χ4n) is 1.80. The molecule has 0 amide bonds. The summed E-state index contributed by atoms with van der Waals surface area (Å²) in [5.41, 5.74) is 0.881. The maximum absolute atomic E-state index is 6.12. The van der Waals surface area contributed by atoms with Gasteiger partial charge in [0.25, 0.3) is 0 Å². The van der Waals surface area contributed by atoms with Crippen LogP contribution < -0.4 is 5.32 Å². The van der Waals surface area contributed by atoms with Gasteiger partial charge in [-0.15, -0.1) is 0 Å². The SMILES string of the molecule is CCc1nc(Cl)c(C)c(NC(C)Cn2cccn2)n1. The van der Waals surface area contributed by atoms with E-state index in [0.29, 0.717) is 5.15 Å². The molecule has 0 fully saturated rings. The number of aromatic nitrogens is 4. The highest BCUT2D eigenvalue weighted by Crippen LogP contribution is 2.20. The molecule has 1 N–H and O–H groups in total. The monoisotopic (exact) mass is 279 g/mol. The van der Waals surface area contributed by atoms with Crippen LogP contribution in [-0.2, 0) is 13.0 Å². The highest BCUT2D eigenvalue weighted by atomic mass is 35.5. The Labute approximate surface area is 118 Å². The zero-order chi connectivity index (χ0) is 13.8. The minimum Gasteiger partial charge on any atom is -0.365 e. The number of halogens is 1. The van der Waals surface area contributed by atoms with Crippen molar-refractivity contribution in [2.75, 3.05) is 5.32 Å². The molecule has 0 aromatic carbocycles. The second-order valence-electron chi connectivity index (χ2n) is 4.53. The van der Waals surface area contributed by atoms with Gasteiger partial charge in [-0.3, -0.25) is 4.68 Å². The van der Waals surface area contributed by atoms with E-state index in [-0.39, 0.29) is 6.04 Å². The number of hydrogen-bond donors (Lipinski definition) is 1. The molecule has 0 aliphatic heterocycles. The molecule has 6 heteroatoms. The fourth-order valence-corrected chi connectivity index (χ4v) is 1.99. The molecule has 5 nitrogen and oxygen atoms in total. The third kappa shape index (κ3) is 3.44. The van der Waals surface area contributed by atoms with Crippen LogP contribution in [0, 0.1) is 6.92 Å². The number of anilines is 1. The normalized spacial score (nSPS) is 12.4. The van der Waals surface area contributed by atoms with Crippen LogP contribution in [0.5, 0.6) is 0 Å². The fraction of sp³-hybridized carbons (Fsp3) is 0.462. The largest absolute Gasteiger partial charge is 0.365 e. The third-order valence-electron chi connectivity index (χ3n) is 2.85. The Morgan fingerprint density at radius 1 is 1.42 bits per heavy atom. The Morgan fingerprint density at radius 2 is 2.21 bits per heavy atom. The number of nitrogens with zero attached hydrogens (tertiary/aromatic N) is 4. The van der Waals surface area contributed by atoms with Crippen molar-refractivity contribution in [1.82, 2.24) is 19.7 Å². The van der Waals surface area contributed by atoms with Crippen molar-refractivity contribution in [3.05, 3.63) is 35.0 Å². The minimum absolute atomic E-state index is 0.203. The standard InChI is InChI=1S/C13H18ClN5/c1-4-11-17-12(14)10(3)13(18-11)16-9(2)8-19-7-5-6-15-19/h5-7,9H,4,8H2,1-3H3,(H,16,17,18). The quantitative estimate of drug-likeness (QED) is 0.855. The van der Waals surface area contributed by atoms with Crippen molar-refractivity contribution in [3.63, 3.8) is 0 Å². The van der Waals surface area contributed by atoms with Gasteiger partial charge in [-0.2, -0.15) is 5.10 Å². The molecule has 0 spiro atoms. The van der Waals surface area contributed by atoms with Crippen LogP contribution in [0.3, 0.4) is 0 Å². The molecule has 0 aliphatic rings. The zero-order valence-electron chi connectivity index (χ0n) is 11.4. The van der Waals surface area contributed by atoms with E-state index in [4.69, 9.17) is 11.6 Å². The lowest BCUT2D eigenvalue weighted by atomic mass is 10.2. The maximum atomic E-state index is 6.12. The predicted octanol–water partition coefficient (Wildman–Crippen LogP) is 2.70. The summed E-state index contributed by atoms with van der Waals surface area (Å²) in [6, 6.07) is 2.11. The van der Waals surface area contributed by atoms with Crippen LogP contribution in [-0.4, -0.2) is 25.8 Å². The molecule has 0 bridgehead atoms. The summed E-state index contributed by atoms with van der Waals surface area (Å²) in [6.07, 6.45) is 4.48. The number of hydrogen-bond acceptors (Lipinski definition) is 4. The van der Waals surface area contributed by atoms with Crippen LogP contribution in [0.1, 0.15) is 25.2 Å². The van der Waals surface area contributed by atoms with Crippen LogP contribution in [0.15, 0.2) is 18.5 Å². The molecule has 2 heterocycles. The summed E-state index contributed by atoms with van der Waals surface area (Å²) in [7, 11) is 0. The van der Waals surface area contributed by atoms with E-state index in [1.165, 1.54) is 0 Å². The molecule has 2 rings (SSSR count). The zero-order valence-corrected chi connectivity index (χ0v) is 12.1. The van der Waals surface area contributed by atoms with Gasteiger partial charge < -0.3 is 5.32 Å². The van der Waals surface area contributed by atoms with E-state index in [0.717, 1.165) is 30.2 Å². The molecule has 19 heavy (non-hydrogen) atoms. The first kappa shape index (κ1) is 13.8. The molecule has 0 aliphatic carbocycles. The first-order valence-corrected chi connectivity index (χ1v) is 6.75. The Bertz CT molecular complexity index is 538. The summed E-state index contributed by atoms with van der Waals surface area (Å²) in [5.74, 6) is 1.56. The maximum Gasteiger partial charge on any atom is 0.137 e. The van der Waals surface area contributed by atoms with Crippen LogP contribution >= 0.6 is 11.6 Å². The smallest absolute Gasteiger partial charge is 0.137 e. The minimum atomic E-state index is 0.203. The van der Waals surface area contributed by atoms with E-state index in [9.17, 15) is 0 Å². The highest BCUT2D eigenvalue weighted by Gasteiger charge is 2.11. The van der Waals surface area contributed by atoms with Gasteiger partial charge in [0.05, 0.1) is 6.54 Å². The Hall–Kier alpha value is -1.62. The topological polar surface area (TPSA) is 55.6 Å².